The van der Waals surface area contributed by atoms with Gasteiger partial charge in [-0.2, -0.15) is 0 Å². The summed E-state index contributed by atoms with van der Waals surface area (Å²) in [6.45, 7) is 3.80. The summed E-state index contributed by atoms with van der Waals surface area (Å²) >= 11 is 4.50. The molecule has 0 radical (unpaired) electrons. The Balaban J connectivity index is 1.61. The van der Waals surface area contributed by atoms with Gasteiger partial charge in [0.05, 0.1) is 16.7 Å². The molecule has 3 N–H and O–H groups in total. The number of carbonyl (C=O) groups is 2. The van der Waals surface area contributed by atoms with Crippen LogP contribution in [0.15, 0.2) is 58.2 Å². The van der Waals surface area contributed by atoms with Crippen molar-refractivity contribution in [3.8, 4) is 0 Å². The highest BCUT2D eigenvalue weighted by Gasteiger charge is 2.24. The number of H-pyrrole nitrogens is 1. The lowest BCUT2D eigenvalue weighted by Crippen LogP contribution is -2.32. The summed E-state index contributed by atoms with van der Waals surface area (Å²) in [7, 11) is 0. The van der Waals surface area contributed by atoms with Gasteiger partial charge in [0.2, 0.25) is 11.1 Å². The van der Waals surface area contributed by atoms with Crippen LogP contribution in [0.5, 0.6) is 0 Å². The van der Waals surface area contributed by atoms with E-state index in [1.807, 2.05) is 26.0 Å². The zero-order valence-electron chi connectivity index (χ0n) is 17.7. The van der Waals surface area contributed by atoms with Crippen molar-refractivity contribution in [3.63, 3.8) is 0 Å². The number of benzene rings is 2. The number of carbonyl (C=O) groups excluding carboxylic acids is 2. The summed E-state index contributed by atoms with van der Waals surface area (Å²) in [6.07, 6.45) is 0. The van der Waals surface area contributed by atoms with Gasteiger partial charge in [-0.1, -0.05) is 47.6 Å². The quantitative estimate of drug-likeness (QED) is 0.211. The third kappa shape index (κ3) is 6.86. The highest BCUT2D eigenvalue weighted by molar-refractivity contribution is 9.10. The lowest BCUT2D eigenvalue weighted by molar-refractivity contribution is -0.384. The number of hydrogen-bond acceptors (Lipinski definition) is 7. The molecule has 3 aromatic rings. The van der Waals surface area contributed by atoms with Crippen molar-refractivity contribution < 1.29 is 14.5 Å². The Morgan fingerprint density at radius 2 is 1.94 bits per heavy atom. The first-order chi connectivity index (χ1) is 15.7. The molecule has 0 unspecified atom stereocenters. The highest BCUT2D eigenvalue weighted by Crippen LogP contribution is 2.23. The summed E-state index contributed by atoms with van der Waals surface area (Å²) in [5.41, 5.74) is 0.695. The number of hydrogen-bond donors (Lipinski definition) is 3. The first-order valence-electron chi connectivity index (χ1n) is 9.88. The number of amides is 2. The molecule has 1 heterocycles. The standard InChI is InChI=1S/C21H21BrN6O4S/c1-12(2)18(24-20(30)13-4-3-5-16(10-13)28(31)32)19-25-21(27-26-19)33-11-17(29)23-15-8-6-14(22)7-9-15/h3-10,12,18H,11H2,1-2H3,(H,23,29)(H,24,30)(H,25,26,27)/t18-/m1/s1. The van der Waals surface area contributed by atoms with Gasteiger partial charge in [0, 0.05) is 27.9 Å². The number of anilines is 1. The van der Waals surface area contributed by atoms with E-state index in [1.54, 1.807) is 12.1 Å². The van der Waals surface area contributed by atoms with Crippen molar-refractivity contribution >= 4 is 50.9 Å². The summed E-state index contributed by atoms with van der Waals surface area (Å²) in [6, 6.07) is 12.2. The average Bonchev–Trinajstić information content (AvgIpc) is 3.26. The maximum atomic E-state index is 12.7. The molecule has 0 saturated carbocycles. The molecular weight excluding hydrogens is 512 g/mol. The van der Waals surface area contributed by atoms with Gasteiger partial charge in [0.25, 0.3) is 11.6 Å². The number of aromatic amines is 1. The molecular formula is C21H21BrN6O4S. The second-order valence-corrected chi connectivity index (χ2v) is 9.21. The van der Waals surface area contributed by atoms with Crippen LogP contribution in [0.4, 0.5) is 11.4 Å². The third-order valence-electron chi connectivity index (χ3n) is 4.51. The first-order valence-corrected chi connectivity index (χ1v) is 11.7. The lowest BCUT2D eigenvalue weighted by Gasteiger charge is -2.19. The van der Waals surface area contributed by atoms with Crippen LogP contribution in [0, 0.1) is 16.0 Å². The van der Waals surface area contributed by atoms with E-state index in [9.17, 15) is 19.7 Å². The summed E-state index contributed by atoms with van der Waals surface area (Å²) < 4.78 is 0.917. The monoisotopic (exact) mass is 532 g/mol. The predicted octanol–water partition coefficient (Wildman–Crippen LogP) is 4.33. The third-order valence-corrected chi connectivity index (χ3v) is 5.89. The number of thioether (sulfide) groups is 1. The topological polar surface area (TPSA) is 143 Å². The van der Waals surface area contributed by atoms with Gasteiger partial charge in [-0.15, -0.1) is 5.10 Å². The van der Waals surface area contributed by atoms with Crippen molar-refractivity contribution in [3.05, 3.63) is 74.5 Å². The second kappa shape index (κ2) is 11.1. The Kier molecular flexibility index (Phi) is 8.17. The molecule has 1 aromatic heterocycles. The zero-order valence-corrected chi connectivity index (χ0v) is 20.1. The molecule has 0 spiro atoms. The van der Waals surface area contributed by atoms with Gasteiger partial charge in [-0.05, 0) is 36.2 Å². The predicted molar refractivity (Wildman–Crippen MR) is 128 cm³/mol. The van der Waals surface area contributed by atoms with E-state index in [2.05, 4.69) is 41.7 Å². The van der Waals surface area contributed by atoms with Gasteiger partial charge >= 0.3 is 0 Å². The SMILES string of the molecule is CC(C)[C@@H](NC(=O)c1cccc([N+](=O)[O-])c1)c1nc(SCC(=O)Nc2ccc(Br)cc2)n[nH]1. The van der Waals surface area contributed by atoms with E-state index in [1.165, 1.54) is 24.3 Å². The first kappa shape index (κ1) is 24.4. The van der Waals surface area contributed by atoms with Gasteiger partial charge in [0.1, 0.15) is 5.82 Å². The van der Waals surface area contributed by atoms with Crippen molar-refractivity contribution in [1.82, 2.24) is 20.5 Å². The fourth-order valence-corrected chi connectivity index (χ4v) is 3.73. The van der Waals surface area contributed by atoms with Crippen molar-refractivity contribution in [2.45, 2.75) is 25.0 Å². The van der Waals surface area contributed by atoms with E-state index in [0.29, 0.717) is 16.7 Å². The summed E-state index contributed by atoms with van der Waals surface area (Å²) in [5.74, 6) is -0.164. The molecule has 12 heteroatoms. The van der Waals surface area contributed by atoms with Crippen LogP contribution in [-0.2, 0) is 4.79 Å². The molecule has 0 aliphatic heterocycles. The van der Waals surface area contributed by atoms with Gasteiger partial charge in [0.15, 0.2) is 0 Å². The lowest BCUT2D eigenvalue weighted by atomic mass is 10.0. The van der Waals surface area contributed by atoms with Crippen LogP contribution in [0.2, 0.25) is 0 Å². The minimum absolute atomic E-state index is 0.0425. The molecule has 0 aliphatic rings. The number of rotatable bonds is 9. The second-order valence-electron chi connectivity index (χ2n) is 7.35. The largest absolute Gasteiger partial charge is 0.342 e. The number of halogens is 1. The summed E-state index contributed by atoms with van der Waals surface area (Å²) in [4.78, 5) is 39.7. The van der Waals surface area contributed by atoms with Crippen LogP contribution in [-0.4, -0.2) is 37.7 Å². The highest BCUT2D eigenvalue weighted by atomic mass is 79.9. The van der Waals surface area contributed by atoms with Crippen LogP contribution in [0.25, 0.3) is 0 Å². The zero-order chi connectivity index (χ0) is 24.0. The van der Waals surface area contributed by atoms with Crippen LogP contribution in [0.1, 0.15) is 36.1 Å². The maximum absolute atomic E-state index is 12.7. The number of non-ortho nitro benzene ring substituents is 1. The molecule has 10 nitrogen and oxygen atoms in total. The fraction of sp³-hybridized carbons (Fsp3) is 0.238. The van der Waals surface area contributed by atoms with Gasteiger partial charge < -0.3 is 10.6 Å². The molecule has 0 fully saturated rings. The average molecular weight is 533 g/mol. The molecule has 0 aliphatic carbocycles. The van der Waals surface area contributed by atoms with Crippen LogP contribution in [0.3, 0.4) is 0 Å². The van der Waals surface area contributed by atoms with Crippen molar-refractivity contribution in [2.24, 2.45) is 5.92 Å². The minimum atomic E-state index is -0.552. The Labute approximate surface area is 202 Å². The molecule has 0 bridgehead atoms. The van der Waals surface area contributed by atoms with Crippen LogP contribution >= 0.6 is 27.7 Å². The van der Waals surface area contributed by atoms with E-state index < -0.39 is 16.9 Å². The van der Waals surface area contributed by atoms with Gasteiger partial charge in [-0.3, -0.25) is 24.8 Å². The number of nitrogens with one attached hydrogen (secondary N) is 3. The number of aromatic nitrogens is 3. The molecule has 2 amide bonds. The Morgan fingerprint density at radius 3 is 2.61 bits per heavy atom. The maximum Gasteiger partial charge on any atom is 0.270 e. The Hall–Kier alpha value is -3.25. The number of nitro benzene ring substituents is 1. The number of nitro groups is 1. The molecule has 3 rings (SSSR count). The molecule has 1 atom stereocenters. The Bertz CT molecular complexity index is 1150. The molecule has 2 aromatic carbocycles. The van der Waals surface area contributed by atoms with E-state index in [4.69, 9.17) is 0 Å². The van der Waals surface area contributed by atoms with E-state index in [-0.39, 0.29) is 28.8 Å². The molecule has 172 valence electrons. The smallest absolute Gasteiger partial charge is 0.270 e. The Morgan fingerprint density at radius 1 is 1.21 bits per heavy atom. The van der Waals surface area contributed by atoms with E-state index in [0.717, 1.165) is 16.2 Å². The molecule has 33 heavy (non-hydrogen) atoms. The van der Waals surface area contributed by atoms with Gasteiger partial charge in [-0.25, -0.2) is 4.98 Å². The summed E-state index contributed by atoms with van der Waals surface area (Å²) in [5, 5.41) is 23.9. The van der Waals surface area contributed by atoms with Crippen molar-refractivity contribution in [2.75, 3.05) is 11.1 Å². The van der Waals surface area contributed by atoms with Crippen LogP contribution < -0.4 is 10.6 Å². The van der Waals surface area contributed by atoms with Crippen molar-refractivity contribution in [1.29, 1.82) is 0 Å². The minimum Gasteiger partial charge on any atom is -0.342 e. The normalized spacial score (nSPS) is 11.8. The number of nitrogens with zero attached hydrogens (tertiary/aromatic N) is 3. The fourth-order valence-electron chi connectivity index (χ4n) is 2.86. The van der Waals surface area contributed by atoms with E-state index >= 15 is 0 Å². The molecule has 0 saturated heterocycles.